The summed E-state index contributed by atoms with van der Waals surface area (Å²) in [5.74, 6) is 1.34. The Balaban J connectivity index is 2.23. The van der Waals surface area contributed by atoms with Crippen LogP contribution in [0.4, 0.5) is 0 Å². The predicted molar refractivity (Wildman–Crippen MR) is 45.1 cm³/mol. The van der Waals surface area contributed by atoms with Gasteiger partial charge in [0, 0.05) is 0 Å². The molecule has 0 unspecified atom stereocenters. The molecule has 0 aromatic heterocycles. The molecule has 0 aromatic carbocycles. The average Bonchev–Trinajstić information content (AvgIpc) is 1.93. The maximum Gasteiger partial charge on any atom is 0.0753 e. The molecular formula is C10H16O. The zero-order valence-electron chi connectivity index (χ0n) is 7.30. The van der Waals surface area contributed by atoms with Crippen molar-refractivity contribution >= 4 is 0 Å². The number of aliphatic hydroxyl groups is 1. The molecule has 1 heteroatoms. The molecule has 2 bridgehead atoms. The van der Waals surface area contributed by atoms with E-state index >= 15 is 0 Å². The van der Waals surface area contributed by atoms with Gasteiger partial charge in [0.25, 0.3) is 0 Å². The SMILES string of the molecule is C=C1[C@@H](O)C[C@@H]2C[C@@H]1C2(C)C. The topological polar surface area (TPSA) is 20.2 Å². The van der Waals surface area contributed by atoms with E-state index in [1.165, 1.54) is 6.42 Å². The third-order valence-electron chi connectivity index (χ3n) is 3.85. The first kappa shape index (κ1) is 7.35. The van der Waals surface area contributed by atoms with Gasteiger partial charge in [-0.05, 0) is 35.7 Å². The number of hydrogen-bond donors (Lipinski definition) is 1. The number of hydrogen-bond acceptors (Lipinski definition) is 1. The number of fused-ring (bicyclic) bond motifs is 2. The first-order chi connectivity index (χ1) is 5.03. The van der Waals surface area contributed by atoms with E-state index in [9.17, 15) is 5.11 Å². The third-order valence-corrected chi connectivity index (χ3v) is 3.85. The van der Waals surface area contributed by atoms with Crippen molar-refractivity contribution < 1.29 is 5.11 Å². The van der Waals surface area contributed by atoms with Gasteiger partial charge in [0.1, 0.15) is 0 Å². The highest BCUT2D eigenvalue weighted by Crippen LogP contribution is 2.60. The van der Waals surface area contributed by atoms with E-state index in [0.29, 0.717) is 11.3 Å². The van der Waals surface area contributed by atoms with Crippen LogP contribution >= 0.6 is 0 Å². The number of rotatable bonds is 0. The minimum absolute atomic E-state index is 0.202. The molecule has 3 saturated carbocycles. The monoisotopic (exact) mass is 152 g/mol. The van der Waals surface area contributed by atoms with Gasteiger partial charge in [0.15, 0.2) is 0 Å². The van der Waals surface area contributed by atoms with Crippen molar-refractivity contribution in [2.75, 3.05) is 0 Å². The highest BCUT2D eigenvalue weighted by Gasteiger charge is 2.54. The maximum absolute atomic E-state index is 9.51. The van der Waals surface area contributed by atoms with Crippen LogP contribution in [0.5, 0.6) is 0 Å². The van der Waals surface area contributed by atoms with Crippen molar-refractivity contribution in [1.82, 2.24) is 0 Å². The van der Waals surface area contributed by atoms with Gasteiger partial charge in [-0.1, -0.05) is 20.4 Å². The van der Waals surface area contributed by atoms with Gasteiger partial charge >= 0.3 is 0 Å². The van der Waals surface area contributed by atoms with Crippen LogP contribution in [0.25, 0.3) is 0 Å². The molecule has 1 nitrogen and oxygen atoms in total. The van der Waals surface area contributed by atoms with Gasteiger partial charge in [-0.2, -0.15) is 0 Å². The molecule has 0 aromatic rings. The Morgan fingerprint density at radius 1 is 1.45 bits per heavy atom. The van der Waals surface area contributed by atoms with Gasteiger partial charge in [0.2, 0.25) is 0 Å². The molecule has 0 radical (unpaired) electrons. The van der Waals surface area contributed by atoms with Crippen LogP contribution in [-0.4, -0.2) is 11.2 Å². The molecule has 0 aliphatic heterocycles. The fraction of sp³-hybridized carbons (Fsp3) is 0.800. The summed E-state index contributed by atoms with van der Waals surface area (Å²) in [6.45, 7) is 8.55. The molecule has 3 rings (SSSR count). The molecule has 0 saturated heterocycles. The summed E-state index contributed by atoms with van der Waals surface area (Å²) < 4.78 is 0. The lowest BCUT2D eigenvalue weighted by atomic mass is 9.47. The summed E-state index contributed by atoms with van der Waals surface area (Å²) in [6.07, 6.45) is 2.01. The van der Waals surface area contributed by atoms with Crippen LogP contribution in [-0.2, 0) is 0 Å². The van der Waals surface area contributed by atoms with Gasteiger partial charge in [0.05, 0.1) is 6.10 Å². The molecule has 0 amide bonds. The van der Waals surface area contributed by atoms with E-state index in [4.69, 9.17) is 0 Å². The van der Waals surface area contributed by atoms with E-state index in [2.05, 4.69) is 20.4 Å². The quantitative estimate of drug-likeness (QED) is 0.526. The normalized spacial score (nSPS) is 46.8. The highest BCUT2D eigenvalue weighted by molar-refractivity contribution is 5.22. The van der Waals surface area contributed by atoms with Crippen LogP contribution in [0.15, 0.2) is 12.2 Å². The first-order valence-electron chi connectivity index (χ1n) is 4.40. The summed E-state index contributed by atoms with van der Waals surface area (Å²) in [4.78, 5) is 0. The van der Waals surface area contributed by atoms with Crippen LogP contribution < -0.4 is 0 Å². The van der Waals surface area contributed by atoms with Gasteiger partial charge in [-0.15, -0.1) is 0 Å². The number of aliphatic hydroxyl groups excluding tert-OH is 1. The predicted octanol–water partition coefficient (Wildman–Crippen LogP) is 1.97. The lowest BCUT2D eigenvalue weighted by Gasteiger charge is -2.59. The Labute approximate surface area is 68.1 Å². The molecule has 3 aliphatic carbocycles. The molecule has 11 heavy (non-hydrogen) atoms. The summed E-state index contributed by atoms with van der Waals surface area (Å²) >= 11 is 0. The molecular weight excluding hydrogens is 136 g/mol. The van der Waals surface area contributed by atoms with E-state index in [1.807, 2.05) is 0 Å². The van der Waals surface area contributed by atoms with Crippen LogP contribution in [0, 0.1) is 17.3 Å². The molecule has 3 atom stereocenters. The largest absolute Gasteiger partial charge is 0.389 e. The van der Waals surface area contributed by atoms with Crippen LogP contribution in [0.3, 0.4) is 0 Å². The van der Waals surface area contributed by atoms with E-state index in [-0.39, 0.29) is 6.10 Å². The van der Waals surface area contributed by atoms with E-state index in [1.54, 1.807) is 0 Å². The highest BCUT2D eigenvalue weighted by atomic mass is 16.3. The second-order valence-corrected chi connectivity index (χ2v) is 4.63. The second-order valence-electron chi connectivity index (χ2n) is 4.63. The lowest BCUT2D eigenvalue weighted by molar-refractivity contribution is -0.0705. The standard InChI is InChI=1S/C10H16O/c1-6-8-4-7(5-9(6)11)10(8,2)3/h7-9,11H,1,4-5H2,2-3H3/t7-,8-,9-/m0/s1. The van der Waals surface area contributed by atoms with Crippen molar-refractivity contribution in [1.29, 1.82) is 0 Å². The molecule has 62 valence electrons. The maximum atomic E-state index is 9.51. The van der Waals surface area contributed by atoms with Gasteiger partial charge in [-0.25, -0.2) is 0 Å². The Morgan fingerprint density at radius 3 is 2.45 bits per heavy atom. The Morgan fingerprint density at radius 2 is 2.09 bits per heavy atom. The smallest absolute Gasteiger partial charge is 0.0753 e. The van der Waals surface area contributed by atoms with Gasteiger partial charge in [-0.3, -0.25) is 0 Å². The zero-order chi connectivity index (χ0) is 8.22. The van der Waals surface area contributed by atoms with Crippen LogP contribution in [0.2, 0.25) is 0 Å². The lowest BCUT2D eigenvalue weighted by Crippen LogP contribution is -2.53. The third kappa shape index (κ3) is 0.750. The average molecular weight is 152 g/mol. The summed E-state index contributed by atoms with van der Waals surface area (Å²) in [7, 11) is 0. The van der Waals surface area contributed by atoms with E-state index < -0.39 is 0 Å². The van der Waals surface area contributed by atoms with Crippen molar-refractivity contribution in [2.24, 2.45) is 17.3 Å². The van der Waals surface area contributed by atoms with Crippen molar-refractivity contribution in [2.45, 2.75) is 32.8 Å². The molecule has 0 spiro atoms. The van der Waals surface area contributed by atoms with Crippen molar-refractivity contribution in [3.63, 3.8) is 0 Å². The summed E-state index contributed by atoms with van der Waals surface area (Å²) in [6, 6.07) is 0. The van der Waals surface area contributed by atoms with E-state index in [0.717, 1.165) is 17.9 Å². The molecule has 3 fully saturated rings. The Kier molecular flexibility index (Phi) is 1.26. The Bertz CT molecular complexity index is 205. The molecule has 3 aliphatic rings. The summed E-state index contributed by atoms with van der Waals surface area (Å²) in [5.41, 5.74) is 1.51. The second kappa shape index (κ2) is 1.89. The summed E-state index contributed by atoms with van der Waals surface area (Å²) in [5, 5.41) is 9.51. The van der Waals surface area contributed by atoms with Crippen LogP contribution in [0.1, 0.15) is 26.7 Å². The first-order valence-corrected chi connectivity index (χ1v) is 4.40. The van der Waals surface area contributed by atoms with Gasteiger partial charge < -0.3 is 5.11 Å². The van der Waals surface area contributed by atoms with Crippen molar-refractivity contribution in [3.8, 4) is 0 Å². The molecule has 0 heterocycles. The minimum Gasteiger partial charge on any atom is -0.389 e. The van der Waals surface area contributed by atoms with Crippen molar-refractivity contribution in [3.05, 3.63) is 12.2 Å². The zero-order valence-corrected chi connectivity index (χ0v) is 7.30. The molecule has 1 N–H and O–H groups in total. The fourth-order valence-electron chi connectivity index (χ4n) is 2.70. The Hall–Kier alpha value is -0.300. The fourth-order valence-corrected chi connectivity index (χ4v) is 2.70. The minimum atomic E-state index is -0.202.